The van der Waals surface area contributed by atoms with Crippen LogP contribution in [0.1, 0.15) is 57.1 Å². The van der Waals surface area contributed by atoms with E-state index in [2.05, 4.69) is 21.8 Å². The number of hydrogen-bond donors (Lipinski definition) is 1. The molecule has 2 fully saturated rings. The van der Waals surface area contributed by atoms with E-state index >= 15 is 0 Å². The average Bonchev–Trinajstić information content (AvgIpc) is 3.15. The molecule has 4 atom stereocenters. The number of sulfonamides is 1. The van der Waals surface area contributed by atoms with Crippen LogP contribution in [-0.2, 0) is 40.9 Å². The molecule has 3 aliphatic heterocycles. The molecule has 0 aromatic heterocycles. The van der Waals surface area contributed by atoms with Gasteiger partial charge in [0.2, 0.25) is 5.91 Å². The Morgan fingerprint density at radius 1 is 1.12 bits per heavy atom. The van der Waals surface area contributed by atoms with E-state index in [9.17, 15) is 18.0 Å². The predicted octanol–water partition coefficient (Wildman–Crippen LogP) is 4.63. The number of ether oxygens (including phenoxy) is 3. The summed E-state index contributed by atoms with van der Waals surface area (Å²) in [5, 5.41) is 0.711. The van der Waals surface area contributed by atoms with Gasteiger partial charge in [-0.2, -0.15) is 0 Å². The average molecular weight is 698 g/mol. The van der Waals surface area contributed by atoms with Crippen LogP contribution in [0.3, 0.4) is 0 Å². The fourth-order valence-corrected chi connectivity index (χ4v) is 9.08. The molecule has 7 rings (SSSR count). The smallest absolute Gasteiger partial charge is 0.265 e. The Hall–Kier alpha value is -3.12. The fraction of sp³-hybridized carbons (Fsp3) is 0.556. The second-order valence-electron chi connectivity index (χ2n) is 14.4. The fourth-order valence-electron chi connectivity index (χ4n) is 7.76. The minimum atomic E-state index is -4.22. The molecular formula is C36H44ClN3O7S. The zero-order chi connectivity index (χ0) is 33.7. The van der Waals surface area contributed by atoms with Gasteiger partial charge in [0.1, 0.15) is 18.0 Å². The molecule has 0 radical (unpaired) electrons. The highest BCUT2D eigenvalue weighted by Crippen LogP contribution is 2.47. The van der Waals surface area contributed by atoms with Crippen molar-refractivity contribution in [2.75, 3.05) is 50.9 Å². The maximum absolute atomic E-state index is 13.6. The monoisotopic (exact) mass is 697 g/mol. The van der Waals surface area contributed by atoms with Crippen molar-refractivity contribution in [3.63, 3.8) is 0 Å². The second-order valence-corrected chi connectivity index (χ2v) is 16.5. The molecule has 2 aromatic carbocycles. The summed E-state index contributed by atoms with van der Waals surface area (Å²) in [6, 6.07) is 10.9. The first-order valence-electron chi connectivity index (χ1n) is 17.0. The van der Waals surface area contributed by atoms with Gasteiger partial charge in [-0.05, 0) is 106 Å². The number of anilines is 1. The van der Waals surface area contributed by atoms with Crippen LogP contribution in [0.25, 0.3) is 0 Å². The molecule has 10 nitrogen and oxygen atoms in total. The number of halogens is 1. The van der Waals surface area contributed by atoms with Gasteiger partial charge in [-0.15, -0.1) is 0 Å². The zero-order valence-electron chi connectivity index (χ0n) is 27.6. The first-order valence-corrected chi connectivity index (χ1v) is 18.9. The van der Waals surface area contributed by atoms with E-state index in [0.29, 0.717) is 36.2 Å². The number of benzene rings is 2. The number of carbonyl (C=O) groups excluding carboxylic acids is 2. The number of hydrogen-bond acceptors (Lipinski definition) is 8. The number of nitrogens with one attached hydrogen (secondary N) is 1. The first kappa shape index (κ1) is 33.4. The summed E-state index contributed by atoms with van der Waals surface area (Å²) in [5.74, 6) is 0.195. The lowest BCUT2D eigenvalue weighted by atomic mass is 9.68. The summed E-state index contributed by atoms with van der Waals surface area (Å²) in [7, 11) is -4.22. The Balaban J connectivity index is 1.27. The Labute approximate surface area is 287 Å². The van der Waals surface area contributed by atoms with Gasteiger partial charge in [0.25, 0.3) is 15.9 Å². The molecule has 5 aliphatic rings. The summed E-state index contributed by atoms with van der Waals surface area (Å²) in [6.45, 7) is 6.43. The van der Waals surface area contributed by atoms with Crippen LogP contribution < -0.4 is 14.4 Å². The zero-order valence-corrected chi connectivity index (χ0v) is 29.2. The minimum Gasteiger partial charge on any atom is -0.490 e. The van der Waals surface area contributed by atoms with Crippen LogP contribution in [0.2, 0.25) is 5.02 Å². The quantitative estimate of drug-likeness (QED) is 0.463. The SMILES string of the molecule is CC1(C)OCC=C[C@H](OCC(=O)N2CCC2)[C@@H]2CC[C@H]2CN2C[C@@]3(CCCc4cc(Cl)ccc43)COc3ccc(cc32)S(=O)(=O)NC1=O. The van der Waals surface area contributed by atoms with Gasteiger partial charge in [0, 0.05) is 36.6 Å². The van der Waals surface area contributed by atoms with Gasteiger partial charge in [0.15, 0.2) is 0 Å². The first-order chi connectivity index (χ1) is 22.9. The topological polar surface area (TPSA) is 114 Å². The number of amides is 2. The number of likely N-dealkylation sites (tertiary alicyclic amines) is 1. The predicted molar refractivity (Wildman–Crippen MR) is 182 cm³/mol. The van der Waals surface area contributed by atoms with Gasteiger partial charge in [0.05, 0.1) is 29.9 Å². The van der Waals surface area contributed by atoms with Crippen LogP contribution in [0.4, 0.5) is 5.69 Å². The van der Waals surface area contributed by atoms with Crippen LogP contribution in [0.15, 0.2) is 53.4 Å². The molecule has 258 valence electrons. The van der Waals surface area contributed by atoms with Crippen molar-refractivity contribution in [2.24, 2.45) is 11.8 Å². The van der Waals surface area contributed by atoms with Crippen molar-refractivity contribution in [3.05, 3.63) is 64.7 Å². The van der Waals surface area contributed by atoms with E-state index in [0.717, 1.165) is 51.6 Å². The molecule has 1 saturated heterocycles. The Morgan fingerprint density at radius 3 is 2.71 bits per heavy atom. The molecule has 2 amide bonds. The van der Waals surface area contributed by atoms with Crippen LogP contribution >= 0.6 is 11.6 Å². The summed E-state index contributed by atoms with van der Waals surface area (Å²) < 4.78 is 48.2. The summed E-state index contributed by atoms with van der Waals surface area (Å²) in [6.07, 6.45) is 9.21. The lowest BCUT2D eigenvalue weighted by molar-refractivity contribution is -0.143. The molecule has 12 heteroatoms. The Kier molecular flexibility index (Phi) is 9.02. The third-order valence-corrected chi connectivity index (χ3v) is 12.5. The van der Waals surface area contributed by atoms with Crippen molar-refractivity contribution >= 4 is 39.1 Å². The Morgan fingerprint density at radius 2 is 1.96 bits per heavy atom. The molecule has 1 saturated carbocycles. The highest BCUT2D eigenvalue weighted by Gasteiger charge is 2.45. The third kappa shape index (κ3) is 6.46. The number of carbonyl (C=O) groups is 2. The van der Waals surface area contributed by atoms with Crippen molar-refractivity contribution in [1.29, 1.82) is 0 Å². The highest BCUT2D eigenvalue weighted by atomic mass is 35.5. The van der Waals surface area contributed by atoms with Gasteiger partial charge < -0.3 is 24.0 Å². The van der Waals surface area contributed by atoms with E-state index in [1.807, 2.05) is 23.1 Å². The van der Waals surface area contributed by atoms with E-state index in [4.69, 9.17) is 25.8 Å². The minimum absolute atomic E-state index is 0.00272. The van der Waals surface area contributed by atoms with Crippen molar-refractivity contribution in [3.8, 4) is 5.75 Å². The number of aryl methyl sites for hydroxylation is 1. The van der Waals surface area contributed by atoms with E-state index in [1.54, 1.807) is 12.1 Å². The standard InChI is InChI=1S/C36H44ClN3O7S/c1-35(2)34(42)38-48(43,44)27-10-13-32-30(19-27)40(22-36(23-46-32)14-3-6-24-18-26(37)9-12-29(24)36)20-25-8-11-28(25)31(7-4-17-47-35)45-21-33(41)39-15-5-16-39/h4,7,9-10,12-13,18-19,25,28,31H,3,5-6,8,11,14-17,20-23H2,1-2H3,(H,38,42)/t25-,28+,31-,36-/m0/s1. The second kappa shape index (κ2) is 13.0. The van der Waals surface area contributed by atoms with Crippen LogP contribution in [0.5, 0.6) is 5.75 Å². The third-order valence-electron chi connectivity index (χ3n) is 10.9. The Bertz CT molecular complexity index is 1730. The van der Waals surface area contributed by atoms with E-state index in [-0.39, 0.29) is 47.4 Å². The lowest BCUT2D eigenvalue weighted by Gasteiger charge is -2.46. The van der Waals surface area contributed by atoms with E-state index in [1.165, 1.54) is 31.0 Å². The summed E-state index contributed by atoms with van der Waals surface area (Å²) in [5.41, 5.74) is 1.37. The molecule has 48 heavy (non-hydrogen) atoms. The normalized spacial score (nSPS) is 29.3. The molecule has 2 aromatic rings. The molecule has 2 aliphatic carbocycles. The number of fused-ring (bicyclic) bond motifs is 4. The van der Waals surface area contributed by atoms with Gasteiger partial charge >= 0.3 is 0 Å². The van der Waals surface area contributed by atoms with Crippen molar-refractivity contribution in [2.45, 2.75) is 74.4 Å². The summed E-state index contributed by atoms with van der Waals surface area (Å²) >= 11 is 6.43. The number of nitrogens with zero attached hydrogens (tertiary/aromatic N) is 2. The maximum Gasteiger partial charge on any atom is 0.265 e. The molecule has 0 unspecified atom stereocenters. The molecule has 2 bridgehead atoms. The molecule has 1 N–H and O–H groups in total. The van der Waals surface area contributed by atoms with Gasteiger partial charge in [-0.1, -0.05) is 29.8 Å². The maximum atomic E-state index is 13.6. The lowest BCUT2D eigenvalue weighted by Crippen LogP contribution is -2.50. The molecule has 1 spiro atoms. The van der Waals surface area contributed by atoms with E-state index < -0.39 is 21.5 Å². The van der Waals surface area contributed by atoms with Crippen LogP contribution in [-0.4, -0.2) is 82.8 Å². The van der Waals surface area contributed by atoms with Crippen molar-refractivity contribution < 1.29 is 32.2 Å². The largest absolute Gasteiger partial charge is 0.490 e. The number of rotatable bonds is 3. The molecular weight excluding hydrogens is 654 g/mol. The van der Waals surface area contributed by atoms with Crippen molar-refractivity contribution in [1.82, 2.24) is 9.62 Å². The van der Waals surface area contributed by atoms with Crippen LogP contribution in [0, 0.1) is 11.8 Å². The van der Waals surface area contributed by atoms with Gasteiger partial charge in [-0.25, -0.2) is 13.1 Å². The highest BCUT2D eigenvalue weighted by molar-refractivity contribution is 7.90. The van der Waals surface area contributed by atoms with Gasteiger partial charge in [-0.3, -0.25) is 9.59 Å². The molecule has 3 heterocycles. The summed E-state index contributed by atoms with van der Waals surface area (Å²) in [4.78, 5) is 30.1.